The minimum atomic E-state index is 0.178. The second-order valence-corrected chi connectivity index (χ2v) is 5.54. The molecule has 2 heteroatoms. The average molecular weight is 208 g/mol. The van der Waals surface area contributed by atoms with Gasteiger partial charge >= 0.3 is 0 Å². The summed E-state index contributed by atoms with van der Waals surface area (Å²) in [6.45, 7) is 2.04. The Morgan fingerprint density at radius 2 is 1.93 bits per heavy atom. The van der Waals surface area contributed by atoms with Crippen molar-refractivity contribution in [2.45, 2.75) is 37.1 Å². The van der Waals surface area contributed by atoms with Gasteiger partial charge in [0.05, 0.1) is 0 Å². The lowest BCUT2D eigenvalue weighted by atomic mass is 9.38. The van der Waals surface area contributed by atoms with Crippen molar-refractivity contribution in [1.82, 2.24) is 0 Å². The van der Waals surface area contributed by atoms with Crippen LogP contribution in [0.15, 0.2) is 18.2 Å². The molecular formula is C12H14ClN. The molecule has 0 radical (unpaired) electrons. The Bertz CT molecular complexity index is 391. The summed E-state index contributed by atoms with van der Waals surface area (Å²) >= 11 is 6.12. The molecule has 0 unspecified atom stereocenters. The highest BCUT2D eigenvalue weighted by molar-refractivity contribution is 6.31. The molecule has 0 amide bonds. The Morgan fingerprint density at radius 1 is 1.29 bits per heavy atom. The van der Waals surface area contributed by atoms with Crippen LogP contribution >= 0.6 is 11.6 Å². The summed E-state index contributed by atoms with van der Waals surface area (Å²) in [7, 11) is 0. The molecule has 0 spiro atoms. The predicted molar refractivity (Wildman–Crippen MR) is 58.6 cm³/mol. The van der Waals surface area contributed by atoms with E-state index in [1.807, 2.05) is 6.92 Å². The minimum Gasteiger partial charge on any atom is -0.325 e. The molecule has 74 valence electrons. The third-order valence-corrected chi connectivity index (χ3v) is 4.26. The first-order chi connectivity index (χ1) is 6.53. The predicted octanol–water partition coefficient (Wildman–Crippen LogP) is 2.78. The molecule has 0 saturated heterocycles. The first-order valence-corrected chi connectivity index (χ1v) is 5.46. The van der Waals surface area contributed by atoms with Crippen LogP contribution < -0.4 is 5.73 Å². The summed E-state index contributed by atoms with van der Waals surface area (Å²) in [5, 5.41) is 0.887. The van der Waals surface area contributed by atoms with E-state index in [4.69, 9.17) is 17.3 Å². The first kappa shape index (κ1) is 8.75. The number of rotatable bonds is 1. The monoisotopic (exact) mass is 207 g/mol. The fourth-order valence-electron chi connectivity index (χ4n) is 3.10. The zero-order chi connectivity index (χ0) is 9.97. The average Bonchev–Trinajstić information content (AvgIpc) is 2.03. The fourth-order valence-corrected chi connectivity index (χ4v) is 3.28. The molecule has 3 aliphatic carbocycles. The summed E-state index contributed by atoms with van der Waals surface area (Å²) in [6.07, 6.45) is 3.46. The summed E-state index contributed by atoms with van der Waals surface area (Å²) in [6, 6.07) is 6.44. The Kier molecular flexibility index (Phi) is 1.46. The molecule has 0 atom stereocenters. The molecule has 2 N–H and O–H groups in total. The van der Waals surface area contributed by atoms with Crippen molar-refractivity contribution in [2.24, 2.45) is 5.73 Å². The van der Waals surface area contributed by atoms with Crippen molar-refractivity contribution in [3.8, 4) is 0 Å². The highest BCUT2D eigenvalue weighted by Gasteiger charge is 2.66. The molecule has 3 aliphatic rings. The van der Waals surface area contributed by atoms with Crippen molar-refractivity contribution in [1.29, 1.82) is 0 Å². The molecule has 1 aromatic carbocycles. The lowest BCUT2D eigenvalue weighted by Gasteiger charge is -2.69. The van der Waals surface area contributed by atoms with Gasteiger partial charge in [0.2, 0.25) is 0 Å². The molecule has 14 heavy (non-hydrogen) atoms. The maximum Gasteiger partial charge on any atom is 0.0438 e. The largest absolute Gasteiger partial charge is 0.325 e. The van der Waals surface area contributed by atoms with Crippen LogP contribution in [-0.4, -0.2) is 5.54 Å². The number of aryl methyl sites for hydroxylation is 1. The normalized spacial score (nSPS) is 38.8. The van der Waals surface area contributed by atoms with Gasteiger partial charge in [-0.2, -0.15) is 0 Å². The van der Waals surface area contributed by atoms with Crippen LogP contribution in [0.5, 0.6) is 0 Å². The third-order valence-electron chi connectivity index (χ3n) is 3.86. The molecule has 0 aliphatic heterocycles. The van der Waals surface area contributed by atoms with E-state index in [1.54, 1.807) is 0 Å². The van der Waals surface area contributed by atoms with E-state index in [1.165, 1.54) is 5.56 Å². The standard InChI is InChI=1S/C12H14ClN/c1-8-2-3-9(4-10(8)13)11-5-12(14,6-11)7-11/h2-4H,5-7,14H2,1H3. The van der Waals surface area contributed by atoms with Crippen molar-refractivity contribution in [3.63, 3.8) is 0 Å². The summed E-state index contributed by atoms with van der Waals surface area (Å²) in [5.74, 6) is 0. The van der Waals surface area contributed by atoms with Gasteiger partial charge in [0, 0.05) is 16.0 Å². The maximum absolute atomic E-state index is 6.12. The molecule has 4 rings (SSSR count). The van der Waals surface area contributed by atoms with Gasteiger partial charge in [0.1, 0.15) is 0 Å². The van der Waals surface area contributed by atoms with Crippen molar-refractivity contribution < 1.29 is 0 Å². The van der Waals surface area contributed by atoms with Crippen LogP contribution in [0.4, 0.5) is 0 Å². The number of benzene rings is 1. The SMILES string of the molecule is Cc1ccc(C23CC(N)(C2)C3)cc1Cl. The minimum absolute atomic E-state index is 0.178. The molecule has 3 fully saturated rings. The van der Waals surface area contributed by atoms with E-state index in [0.29, 0.717) is 5.41 Å². The molecular weight excluding hydrogens is 194 g/mol. The number of nitrogens with two attached hydrogens (primary N) is 1. The van der Waals surface area contributed by atoms with Gasteiger partial charge in [-0.05, 0) is 43.4 Å². The van der Waals surface area contributed by atoms with Crippen molar-refractivity contribution >= 4 is 11.6 Å². The maximum atomic E-state index is 6.12. The summed E-state index contributed by atoms with van der Waals surface area (Å²) in [4.78, 5) is 0. The van der Waals surface area contributed by atoms with E-state index in [2.05, 4.69) is 18.2 Å². The van der Waals surface area contributed by atoms with Crippen molar-refractivity contribution in [2.75, 3.05) is 0 Å². The van der Waals surface area contributed by atoms with Crippen LogP contribution in [0.2, 0.25) is 5.02 Å². The molecule has 2 bridgehead atoms. The van der Waals surface area contributed by atoms with Gasteiger partial charge in [-0.3, -0.25) is 0 Å². The zero-order valence-corrected chi connectivity index (χ0v) is 9.06. The second-order valence-electron chi connectivity index (χ2n) is 5.14. The van der Waals surface area contributed by atoms with Gasteiger partial charge in [-0.1, -0.05) is 23.7 Å². The molecule has 1 nitrogen and oxygen atoms in total. The van der Waals surface area contributed by atoms with Gasteiger partial charge in [0.25, 0.3) is 0 Å². The molecule has 1 aromatic rings. The number of halogens is 1. The van der Waals surface area contributed by atoms with E-state index in [9.17, 15) is 0 Å². The molecule has 3 saturated carbocycles. The fraction of sp³-hybridized carbons (Fsp3) is 0.500. The highest BCUT2D eigenvalue weighted by atomic mass is 35.5. The van der Waals surface area contributed by atoms with Crippen LogP contribution in [0.25, 0.3) is 0 Å². The van der Waals surface area contributed by atoms with E-state index >= 15 is 0 Å². The van der Waals surface area contributed by atoms with Crippen LogP contribution in [0, 0.1) is 6.92 Å². The number of hydrogen-bond donors (Lipinski definition) is 1. The van der Waals surface area contributed by atoms with Crippen LogP contribution in [0.3, 0.4) is 0 Å². The third kappa shape index (κ3) is 0.945. The molecule has 0 aromatic heterocycles. The smallest absolute Gasteiger partial charge is 0.0438 e. The van der Waals surface area contributed by atoms with E-state index in [-0.39, 0.29) is 5.54 Å². The van der Waals surface area contributed by atoms with Gasteiger partial charge in [-0.15, -0.1) is 0 Å². The Balaban J connectivity index is 1.95. The Hall–Kier alpha value is -0.530. The first-order valence-electron chi connectivity index (χ1n) is 5.09. The summed E-state index contributed by atoms with van der Waals surface area (Å²) in [5.41, 5.74) is 9.16. The topological polar surface area (TPSA) is 26.0 Å². The van der Waals surface area contributed by atoms with Gasteiger partial charge < -0.3 is 5.73 Å². The summed E-state index contributed by atoms with van der Waals surface area (Å²) < 4.78 is 0. The Labute approximate surface area is 89.3 Å². The van der Waals surface area contributed by atoms with Crippen LogP contribution in [0.1, 0.15) is 30.4 Å². The second kappa shape index (κ2) is 2.34. The highest BCUT2D eigenvalue weighted by Crippen LogP contribution is 2.66. The van der Waals surface area contributed by atoms with E-state index < -0.39 is 0 Å². The zero-order valence-electron chi connectivity index (χ0n) is 8.31. The van der Waals surface area contributed by atoms with E-state index in [0.717, 1.165) is 29.8 Å². The number of hydrogen-bond acceptors (Lipinski definition) is 1. The Morgan fingerprint density at radius 3 is 2.43 bits per heavy atom. The van der Waals surface area contributed by atoms with Gasteiger partial charge in [-0.25, -0.2) is 0 Å². The van der Waals surface area contributed by atoms with Crippen molar-refractivity contribution in [3.05, 3.63) is 34.3 Å². The van der Waals surface area contributed by atoms with Gasteiger partial charge in [0.15, 0.2) is 0 Å². The quantitative estimate of drug-likeness (QED) is 0.753. The molecule has 0 heterocycles. The lowest BCUT2D eigenvalue weighted by Crippen LogP contribution is -2.74. The van der Waals surface area contributed by atoms with Crippen LogP contribution in [-0.2, 0) is 5.41 Å². The lowest BCUT2D eigenvalue weighted by molar-refractivity contribution is -0.0589.